The Hall–Kier alpha value is -3.92. The molecule has 0 saturated carbocycles. The number of hydrogen-bond donors (Lipinski definition) is 2. The Labute approximate surface area is 220 Å². The SMILES string of the molecule is CCC(NC(=O)N1C(=O)[C@H](Cc2cc(C)nc(N)c2)[C@H]1C(=O)N(C)c1cnn(C)c1)c1cccc(Cl)c1. The van der Waals surface area contributed by atoms with Gasteiger partial charge in [0.1, 0.15) is 11.9 Å². The first-order valence-corrected chi connectivity index (χ1v) is 12.3. The zero-order chi connectivity index (χ0) is 26.9. The fraction of sp³-hybridized carbons (Fsp3) is 0.346. The van der Waals surface area contributed by atoms with Crippen LogP contribution in [0.4, 0.5) is 16.3 Å². The van der Waals surface area contributed by atoms with Gasteiger partial charge in [0.05, 0.1) is 23.8 Å². The fourth-order valence-electron chi connectivity index (χ4n) is 4.67. The molecule has 4 amide bonds. The number of amides is 4. The van der Waals surface area contributed by atoms with Gasteiger partial charge in [0.25, 0.3) is 5.91 Å². The number of nitrogens with two attached hydrogens (primary N) is 1. The van der Waals surface area contributed by atoms with Crippen molar-refractivity contribution in [1.82, 2.24) is 25.0 Å². The van der Waals surface area contributed by atoms with Crippen LogP contribution in [0, 0.1) is 12.8 Å². The van der Waals surface area contributed by atoms with Crippen LogP contribution < -0.4 is 16.0 Å². The highest BCUT2D eigenvalue weighted by Gasteiger charge is 2.55. The van der Waals surface area contributed by atoms with Gasteiger partial charge in [0, 0.05) is 31.0 Å². The Bertz CT molecular complexity index is 1320. The van der Waals surface area contributed by atoms with Crippen molar-refractivity contribution >= 4 is 41.0 Å². The van der Waals surface area contributed by atoms with Crippen molar-refractivity contribution in [1.29, 1.82) is 0 Å². The number of pyridine rings is 1. The first-order chi connectivity index (χ1) is 17.6. The lowest BCUT2D eigenvalue weighted by Crippen LogP contribution is -2.70. The summed E-state index contributed by atoms with van der Waals surface area (Å²) in [6.45, 7) is 3.73. The number of aromatic nitrogens is 3. The molecule has 0 bridgehead atoms. The first kappa shape index (κ1) is 26.2. The number of β-lactam (4-membered cyclic amide) rings is 1. The summed E-state index contributed by atoms with van der Waals surface area (Å²) in [6, 6.07) is 8.68. The number of rotatable bonds is 7. The molecular formula is C26H30ClN7O3. The highest BCUT2D eigenvalue weighted by molar-refractivity contribution is 6.30. The van der Waals surface area contributed by atoms with Gasteiger partial charge in [-0.3, -0.25) is 19.2 Å². The van der Waals surface area contributed by atoms with E-state index in [0.717, 1.165) is 16.0 Å². The third-order valence-electron chi connectivity index (χ3n) is 6.54. The number of aryl methyl sites for hydroxylation is 2. The van der Waals surface area contributed by atoms with Gasteiger partial charge in [-0.05, 0) is 55.2 Å². The van der Waals surface area contributed by atoms with Crippen molar-refractivity contribution in [3.8, 4) is 0 Å². The van der Waals surface area contributed by atoms with E-state index in [9.17, 15) is 14.4 Å². The second-order valence-electron chi connectivity index (χ2n) is 9.24. The molecule has 3 aromatic rings. The summed E-state index contributed by atoms with van der Waals surface area (Å²) in [6.07, 6.45) is 4.06. The fourth-order valence-corrected chi connectivity index (χ4v) is 4.87. The number of anilines is 2. The van der Waals surface area contributed by atoms with Crippen molar-refractivity contribution in [2.75, 3.05) is 17.7 Å². The molecule has 4 rings (SSSR count). The number of carbonyl (C=O) groups excluding carboxylic acids is 3. The molecule has 0 aliphatic carbocycles. The van der Waals surface area contributed by atoms with E-state index in [1.807, 2.05) is 26.0 Å². The van der Waals surface area contributed by atoms with E-state index in [-0.39, 0.29) is 18.4 Å². The van der Waals surface area contributed by atoms with Gasteiger partial charge in [-0.15, -0.1) is 0 Å². The Morgan fingerprint density at radius 2 is 2.03 bits per heavy atom. The van der Waals surface area contributed by atoms with Crippen LogP contribution in [0.15, 0.2) is 48.8 Å². The topological polar surface area (TPSA) is 126 Å². The van der Waals surface area contributed by atoms with Crippen LogP contribution in [0.25, 0.3) is 0 Å². The van der Waals surface area contributed by atoms with E-state index in [0.29, 0.717) is 28.6 Å². The summed E-state index contributed by atoms with van der Waals surface area (Å²) in [7, 11) is 3.35. The number of likely N-dealkylation sites (tertiary alicyclic amines) is 1. The van der Waals surface area contributed by atoms with Gasteiger partial charge in [-0.25, -0.2) is 9.78 Å². The van der Waals surface area contributed by atoms with Gasteiger partial charge in [0.15, 0.2) is 0 Å². The maximum Gasteiger partial charge on any atom is 0.325 e. The molecule has 3 N–H and O–H groups in total. The van der Waals surface area contributed by atoms with E-state index >= 15 is 0 Å². The van der Waals surface area contributed by atoms with Gasteiger partial charge in [0.2, 0.25) is 5.91 Å². The second-order valence-corrected chi connectivity index (χ2v) is 9.68. The lowest BCUT2D eigenvalue weighted by Gasteiger charge is -2.46. The molecule has 1 fully saturated rings. The highest BCUT2D eigenvalue weighted by atomic mass is 35.5. The lowest BCUT2D eigenvalue weighted by atomic mass is 9.81. The maximum atomic E-state index is 13.7. The second kappa shape index (κ2) is 10.6. The average Bonchev–Trinajstić information content (AvgIpc) is 3.28. The molecule has 3 atom stereocenters. The molecule has 1 aliphatic rings. The van der Waals surface area contributed by atoms with E-state index in [1.165, 1.54) is 4.90 Å². The minimum absolute atomic E-state index is 0.249. The number of nitrogen functional groups attached to an aromatic ring is 1. The van der Waals surface area contributed by atoms with Crippen molar-refractivity contribution in [3.05, 3.63) is 70.6 Å². The monoisotopic (exact) mass is 523 g/mol. The molecule has 1 unspecified atom stereocenters. The molecule has 1 saturated heterocycles. The molecule has 0 spiro atoms. The van der Waals surface area contributed by atoms with Crippen molar-refractivity contribution in [3.63, 3.8) is 0 Å². The number of imide groups is 1. The molecule has 2 aromatic heterocycles. The summed E-state index contributed by atoms with van der Waals surface area (Å²) in [5, 5.41) is 7.57. The van der Waals surface area contributed by atoms with Crippen LogP contribution >= 0.6 is 11.6 Å². The molecule has 3 heterocycles. The quantitative estimate of drug-likeness (QED) is 0.458. The first-order valence-electron chi connectivity index (χ1n) is 12.0. The predicted molar refractivity (Wildman–Crippen MR) is 141 cm³/mol. The summed E-state index contributed by atoms with van der Waals surface area (Å²) in [5.74, 6) is -1.21. The minimum Gasteiger partial charge on any atom is -0.384 e. The molecule has 11 heteroatoms. The number of carbonyl (C=O) groups is 3. The smallest absolute Gasteiger partial charge is 0.325 e. The number of nitrogens with zero attached hydrogens (tertiary/aromatic N) is 5. The molecule has 1 aliphatic heterocycles. The summed E-state index contributed by atoms with van der Waals surface area (Å²) < 4.78 is 1.58. The Balaban J connectivity index is 1.61. The van der Waals surface area contributed by atoms with Gasteiger partial charge < -0.3 is 16.0 Å². The average molecular weight is 524 g/mol. The van der Waals surface area contributed by atoms with Crippen molar-refractivity contribution in [2.24, 2.45) is 13.0 Å². The Kier molecular flexibility index (Phi) is 7.49. The third-order valence-corrected chi connectivity index (χ3v) is 6.78. The van der Waals surface area contributed by atoms with E-state index in [1.54, 1.807) is 55.4 Å². The van der Waals surface area contributed by atoms with Gasteiger partial charge in [-0.2, -0.15) is 5.10 Å². The molecule has 0 radical (unpaired) electrons. The van der Waals surface area contributed by atoms with Gasteiger partial charge >= 0.3 is 6.03 Å². The number of urea groups is 1. The Morgan fingerprint density at radius 3 is 2.65 bits per heavy atom. The third kappa shape index (κ3) is 5.43. The van der Waals surface area contributed by atoms with E-state index < -0.39 is 23.9 Å². The zero-order valence-corrected chi connectivity index (χ0v) is 21.9. The lowest BCUT2D eigenvalue weighted by molar-refractivity contribution is -0.156. The van der Waals surface area contributed by atoms with Crippen LogP contribution in [0.5, 0.6) is 0 Å². The van der Waals surface area contributed by atoms with E-state index in [2.05, 4.69) is 15.4 Å². The minimum atomic E-state index is -0.996. The zero-order valence-electron chi connectivity index (χ0n) is 21.2. The Morgan fingerprint density at radius 1 is 1.27 bits per heavy atom. The molecular weight excluding hydrogens is 494 g/mol. The molecule has 194 valence electrons. The summed E-state index contributed by atoms with van der Waals surface area (Å²) >= 11 is 6.14. The van der Waals surface area contributed by atoms with Crippen molar-refractivity contribution in [2.45, 2.75) is 38.8 Å². The highest BCUT2D eigenvalue weighted by Crippen LogP contribution is 2.33. The number of halogens is 1. The number of hydrogen-bond acceptors (Lipinski definition) is 6. The number of likely N-dealkylation sites (N-methyl/N-ethyl adjacent to an activating group) is 1. The van der Waals surface area contributed by atoms with Crippen LogP contribution in [-0.4, -0.2) is 50.6 Å². The van der Waals surface area contributed by atoms with E-state index in [4.69, 9.17) is 17.3 Å². The van der Waals surface area contributed by atoms with Crippen LogP contribution in [0.3, 0.4) is 0 Å². The number of nitrogens with one attached hydrogen (secondary N) is 1. The molecule has 1 aromatic carbocycles. The van der Waals surface area contributed by atoms with Crippen LogP contribution in [-0.2, 0) is 23.1 Å². The summed E-state index contributed by atoms with van der Waals surface area (Å²) in [4.78, 5) is 47.0. The predicted octanol–water partition coefficient (Wildman–Crippen LogP) is 3.25. The van der Waals surface area contributed by atoms with Crippen molar-refractivity contribution < 1.29 is 14.4 Å². The molecule has 10 nitrogen and oxygen atoms in total. The summed E-state index contributed by atoms with van der Waals surface area (Å²) in [5.41, 5.74) is 8.75. The van der Waals surface area contributed by atoms with Crippen LogP contribution in [0.1, 0.15) is 36.2 Å². The molecule has 37 heavy (non-hydrogen) atoms. The standard InChI is InChI=1S/C26H30ClN7O3/c1-5-21(17-7-6-8-18(27)12-17)31-26(37)34-23(25(36)33(4)19-13-29-32(3)14-19)20(24(34)35)10-16-9-15(2)30-22(28)11-16/h6-9,11-14,20-21,23H,5,10H2,1-4H3,(H2,28,30)(H,31,37)/t20-,21?,23+/m1/s1. The maximum absolute atomic E-state index is 13.7. The van der Waals surface area contributed by atoms with Gasteiger partial charge in [-0.1, -0.05) is 30.7 Å². The largest absolute Gasteiger partial charge is 0.384 e. The normalized spacial score (nSPS) is 17.8. The van der Waals surface area contributed by atoms with Crippen LogP contribution in [0.2, 0.25) is 5.02 Å². The number of benzene rings is 1.